The lowest BCUT2D eigenvalue weighted by atomic mass is 9.92. The van der Waals surface area contributed by atoms with Crippen LogP contribution in [0.3, 0.4) is 0 Å². The Bertz CT molecular complexity index is 1160. The van der Waals surface area contributed by atoms with Crippen molar-refractivity contribution in [2.45, 2.75) is 57.5 Å². The fourth-order valence-electron chi connectivity index (χ4n) is 4.83. The van der Waals surface area contributed by atoms with Crippen molar-refractivity contribution in [1.29, 1.82) is 0 Å². The van der Waals surface area contributed by atoms with E-state index in [4.69, 9.17) is 4.74 Å². The highest BCUT2D eigenvalue weighted by molar-refractivity contribution is 7.89. The first kappa shape index (κ1) is 24.6. The minimum atomic E-state index is -3.47. The first-order valence-electron chi connectivity index (χ1n) is 11.8. The average Bonchev–Trinajstić information content (AvgIpc) is 3.17. The number of halogens is 2. The molecule has 2 unspecified atom stereocenters. The van der Waals surface area contributed by atoms with Gasteiger partial charge in [0.05, 0.1) is 18.4 Å². The highest BCUT2D eigenvalue weighted by Gasteiger charge is 2.39. The standard InChI is InChI=1S/C25H30F2N2O4S/c1-2-34(31,32)28-23-10-11-29-24(23)14-17-7-6-8-18(13-17)21-15-19(26)16-22(27)20(21)9-4-3-5-12-33-25(29)30/h6-8,13,15-16,23-24,28H,2-5,9-12,14H2,1H3. The van der Waals surface area contributed by atoms with Gasteiger partial charge < -0.3 is 9.64 Å². The van der Waals surface area contributed by atoms with Crippen LogP contribution in [0.15, 0.2) is 36.4 Å². The van der Waals surface area contributed by atoms with Crippen molar-refractivity contribution in [2.24, 2.45) is 0 Å². The van der Waals surface area contributed by atoms with Gasteiger partial charge >= 0.3 is 6.09 Å². The summed E-state index contributed by atoms with van der Waals surface area (Å²) < 4.78 is 61.6. The third-order valence-electron chi connectivity index (χ3n) is 6.63. The molecule has 34 heavy (non-hydrogen) atoms. The first-order valence-corrected chi connectivity index (χ1v) is 13.4. The summed E-state index contributed by atoms with van der Waals surface area (Å²) in [6, 6.07) is 8.78. The lowest BCUT2D eigenvalue weighted by Crippen LogP contribution is -2.48. The zero-order valence-electron chi connectivity index (χ0n) is 19.2. The maximum atomic E-state index is 14.7. The molecule has 1 saturated heterocycles. The third-order valence-corrected chi connectivity index (χ3v) is 8.05. The molecule has 0 aliphatic carbocycles. The van der Waals surface area contributed by atoms with Crippen LogP contribution in [0.2, 0.25) is 0 Å². The van der Waals surface area contributed by atoms with Crippen LogP contribution in [0.25, 0.3) is 11.1 Å². The van der Waals surface area contributed by atoms with Gasteiger partial charge in [-0.3, -0.25) is 0 Å². The van der Waals surface area contributed by atoms with Crippen LogP contribution in [0.1, 0.15) is 43.7 Å². The van der Waals surface area contributed by atoms with E-state index in [9.17, 15) is 22.0 Å². The Morgan fingerprint density at radius 1 is 1.15 bits per heavy atom. The minimum Gasteiger partial charge on any atom is -0.449 e. The molecule has 2 heterocycles. The van der Waals surface area contributed by atoms with Gasteiger partial charge in [0.15, 0.2) is 0 Å². The van der Waals surface area contributed by atoms with Crippen molar-refractivity contribution >= 4 is 16.1 Å². The van der Waals surface area contributed by atoms with Gasteiger partial charge in [-0.25, -0.2) is 26.7 Å². The topological polar surface area (TPSA) is 75.7 Å². The average molecular weight is 493 g/mol. The van der Waals surface area contributed by atoms with Gasteiger partial charge in [-0.1, -0.05) is 24.3 Å². The first-order chi connectivity index (χ1) is 16.3. The molecule has 9 heteroatoms. The number of fused-ring (bicyclic) bond motifs is 5. The Hall–Kier alpha value is -2.52. The molecule has 1 N–H and O–H groups in total. The number of nitrogens with zero attached hydrogens (tertiary/aromatic N) is 1. The Labute approximate surface area is 199 Å². The molecule has 0 radical (unpaired) electrons. The molecule has 2 aliphatic rings. The van der Waals surface area contributed by atoms with Gasteiger partial charge in [0, 0.05) is 18.7 Å². The number of sulfonamides is 1. The molecule has 0 spiro atoms. The molecule has 1 fully saturated rings. The number of carbonyl (C=O) groups is 1. The zero-order chi connectivity index (χ0) is 24.3. The summed E-state index contributed by atoms with van der Waals surface area (Å²) in [5.74, 6) is -1.24. The largest absolute Gasteiger partial charge is 0.449 e. The van der Waals surface area contributed by atoms with E-state index in [0.29, 0.717) is 55.3 Å². The van der Waals surface area contributed by atoms with Crippen LogP contribution >= 0.6 is 0 Å². The summed E-state index contributed by atoms with van der Waals surface area (Å²) in [5.41, 5.74) is 2.53. The summed E-state index contributed by atoms with van der Waals surface area (Å²) in [7, 11) is -3.47. The maximum absolute atomic E-state index is 14.7. The highest BCUT2D eigenvalue weighted by atomic mass is 32.2. The van der Waals surface area contributed by atoms with Crippen molar-refractivity contribution in [2.75, 3.05) is 18.9 Å². The normalized spacial score (nSPS) is 21.7. The number of benzene rings is 2. The molecule has 1 amide bonds. The molecule has 2 aromatic rings. The van der Waals surface area contributed by atoms with E-state index < -0.39 is 39.8 Å². The Balaban J connectivity index is 1.73. The van der Waals surface area contributed by atoms with E-state index in [1.165, 1.54) is 6.07 Å². The van der Waals surface area contributed by atoms with E-state index >= 15 is 0 Å². The second-order valence-electron chi connectivity index (χ2n) is 8.92. The van der Waals surface area contributed by atoms with E-state index in [2.05, 4.69) is 4.72 Å². The summed E-state index contributed by atoms with van der Waals surface area (Å²) in [6.45, 7) is 2.19. The molecule has 4 rings (SSSR count). The number of amides is 1. The molecule has 0 aromatic heterocycles. The minimum absolute atomic E-state index is 0.0515. The molecular weight excluding hydrogens is 462 g/mol. The number of hydrogen-bond donors (Lipinski definition) is 1. The Kier molecular flexibility index (Phi) is 7.52. The third kappa shape index (κ3) is 5.58. The monoisotopic (exact) mass is 492 g/mol. The van der Waals surface area contributed by atoms with E-state index in [-0.39, 0.29) is 12.4 Å². The van der Waals surface area contributed by atoms with Crippen LogP contribution in [0.5, 0.6) is 0 Å². The predicted octanol–water partition coefficient (Wildman–Crippen LogP) is 4.42. The van der Waals surface area contributed by atoms with Crippen molar-refractivity contribution in [3.8, 4) is 11.1 Å². The molecule has 184 valence electrons. The van der Waals surface area contributed by atoms with E-state index in [1.54, 1.807) is 11.8 Å². The molecule has 0 saturated carbocycles. The lowest BCUT2D eigenvalue weighted by Gasteiger charge is -2.28. The molecule has 2 bridgehead atoms. The van der Waals surface area contributed by atoms with Crippen LogP contribution in [-0.2, 0) is 27.6 Å². The Morgan fingerprint density at radius 3 is 2.76 bits per heavy atom. The van der Waals surface area contributed by atoms with Gasteiger partial charge in [-0.05, 0) is 73.8 Å². The quantitative estimate of drug-likeness (QED) is 0.688. The molecule has 6 nitrogen and oxygen atoms in total. The number of ether oxygens (including phenoxy) is 1. The SMILES string of the molecule is CCS(=O)(=O)NC1CCN2C(=O)OCCCCCc3c(F)cc(F)cc3-c3cccc(c3)CC12. The molecule has 2 atom stereocenters. The summed E-state index contributed by atoms with van der Waals surface area (Å²) in [4.78, 5) is 14.4. The maximum Gasteiger partial charge on any atom is 0.410 e. The number of carbonyl (C=O) groups excluding carboxylic acids is 1. The summed E-state index contributed by atoms with van der Waals surface area (Å²) in [6.07, 6.45) is 2.90. The van der Waals surface area contributed by atoms with Crippen molar-refractivity contribution in [3.05, 3.63) is 59.2 Å². The number of cyclic esters (lactones) is 1. The zero-order valence-corrected chi connectivity index (χ0v) is 20.0. The predicted molar refractivity (Wildman–Crippen MR) is 126 cm³/mol. The molecular formula is C25H30F2N2O4S. The van der Waals surface area contributed by atoms with Gasteiger partial charge in [0.1, 0.15) is 11.6 Å². The fraction of sp³-hybridized carbons (Fsp3) is 0.480. The van der Waals surface area contributed by atoms with E-state index in [0.717, 1.165) is 18.1 Å². The van der Waals surface area contributed by atoms with Crippen molar-refractivity contribution < 1.29 is 26.7 Å². The van der Waals surface area contributed by atoms with Gasteiger partial charge in [0.2, 0.25) is 10.0 Å². The van der Waals surface area contributed by atoms with Crippen LogP contribution in [0.4, 0.5) is 13.6 Å². The fourth-order valence-corrected chi connectivity index (χ4v) is 5.73. The van der Waals surface area contributed by atoms with E-state index in [1.807, 2.05) is 24.3 Å². The van der Waals surface area contributed by atoms with Crippen molar-refractivity contribution in [1.82, 2.24) is 9.62 Å². The van der Waals surface area contributed by atoms with Crippen LogP contribution in [-0.4, -0.2) is 50.4 Å². The van der Waals surface area contributed by atoms with Crippen LogP contribution in [0, 0.1) is 11.6 Å². The Morgan fingerprint density at radius 2 is 1.97 bits per heavy atom. The van der Waals surface area contributed by atoms with Crippen LogP contribution < -0.4 is 4.72 Å². The smallest absolute Gasteiger partial charge is 0.410 e. The van der Waals surface area contributed by atoms with Gasteiger partial charge in [-0.2, -0.15) is 0 Å². The second-order valence-corrected chi connectivity index (χ2v) is 11.0. The highest BCUT2D eigenvalue weighted by Crippen LogP contribution is 2.31. The number of hydrogen-bond acceptors (Lipinski definition) is 4. The summed E-state index contributed by atoms with van der Waals surface area (Å²) >= 11 is 0. The summed E-state index contributed by atoms with van der Waals surface area (Å²) in [5, 5.41) is 0. The molecule has 2 aliphatic heterocycles. The number of rotatable bonds is 3. The van der Waals surface area contributed by atoms with Gasteiger partial charge in [-0.15, -0.1) is 0 Å². The lowest BCUT2D eigenvalue weighted by molar-refractivity contribution is 0.0947. The number of nitrogens with one attached hydrogen (secondary N) is 1. The molecule has 2 aromatic carbocycles. The van der Waals surface area contributed by atoms with Gasteiger partial charge in [0.25, 0.3) is 0 Å². The van der Waals surface area contributed by atoms with Crippen molar-refractivity contribution in [3.63, 3.8) is 0 Å². The second kappa shape index (κ2) is 10.4.